The standard InChI is InChI=1S/C33H49BF/c1-9-15-28(23(6)7)27(13-5)30(19-18-29-25(11-3)16-14-17-26(29)12-4)31-22-32(34-20-10-2)33(35)21-24(31)8/h10,14,16-17,20-24,28,31H,9,11-13,15,18-19H2,1-8H3/b20-10-,30-27+. The number of halogens is 1. The highest BCUT2D eigenvalue weighted by Crippen LogP contribution is 2.41. The molecule has 0 heterocycles. The van der Waals surface area contributed by atoms with Gasteiger partial charge in [0.15, 0.2) is 7.28 Å². The van der Waals surface area contributed by atoms with Crippen molar-refractivity contribution >= 4 is 7.28 Å². The molecule has 2 rings (SSSR count). The lowest BCUT2D eigenvalue weighted by atomic mass is 9.63. The first kappa shape index (κ1) is 29.4. The van der Waals surface area contributed by atoms with Gasteiger partial charge in [-0.25, -0.2) is 4.39 Å². The van der Waals surface area contributed by atoms with Crippen molar-refractivity contribution in [2.45, 2.75) is 100 Å². The average molecular weight is 476 g/mol. The molecule has 191 valence electrons. The summed E-state index contributed by atoms with van der Waals surface area (Å²) in [5.41, 5.74) is 8.43. The minimum absolute atomic E-state index is 0.0807. The van der Waals surface area contributed by atoms with E-state index in [4.69, 9.17) is 0 Å². The Morgan fingerprint density at radius 3 is 2.23 bits per heavy atom. The Bertz CT molecular complexity index is 908. The summed E-state index contributed by atoms with van der Waals surface area (Å²) < 4.78 is 14.9. The third kappa shape index (κ3) is 7.58. The van der Waals surface area contributed by atoms with Gasteiger partial charge in [0.25, 0.3) is 0 Å². The molecule has 0 fully saturated rings. The van der Waals surface area contributed by atoms with Crippen molar-refractivity contribution in [1.82, 2.24) is 0 Å². The third-order valence-electron chi connectivity index (χ3n) is 7.90. The largest absolute Gasteiger partial charge is 0.208 e. The fourth-order valence-corrected chi connectivity index (χ4v) is 6.03. The molecular weight excluding hydrogens is 426 g/mol. The molecule has 3 atom stereocenters. The summed E-state index contributed by atoms with van der Waals surface area (Å²) in [6.07, 6.45) is 13.8. The van der Waals surface area contributed by atoms with Crippen LogP contribution in [0.2, 0.25) is 0 Å². The smallest absolute Gasteiger partial charge is 0.184 e. The lowest BCUT2D eigenvalue weighted by Gasteiger charge is -2.33. The fourth-order valence-electron chi connectivity index (χ4n) is 6.03. The second-order valence-corrected chi connectivity index (χ2v) is 10.5. The van der Waals surface area contributed by atoms with Crippen LogP contribution in [0.4, 0.5) is 4.39 Å². The monoisotopic (exact) mass is 475 g/mol. The maximum absolute atomic E-state index is 14.9. The van der Waals surface area contributed by atoms with Crippen LogP contribution in [0, 0.1) is 23.7 Å². The van der Waals surface area contributed by atoms with Crippen molar-refractivity contribution in [2.75, 3.05) is 0 Å². The van der Waals surface area contributed by atoms with Crippen LogP contribution in [0.25, 0.3) is 0 Å². The van der Waals surface area contributed by atoms with Crippen molar-refractivity contribution in [1.29, 1.82) is 0 Å². The molecule has 35 heavy (non-hydrogen) atoms. The molecule has 1 aromatic carbocycles. The average Bonchev–Trinajstić information content (AvgIpc) is 2.85. The van der Waals surface area contributed by atoms with Crippen molar-refractivity contribution in [3.8, 4) is 0 Å². The molecule has 3 unspecified atom stereocenters. The van der Waals surface area contributed by atoms with E-state index in [0.717, 1.165) is 37.6 Å². The zero-order valence-corrected chi connectivity index (χ0v) is 23.8. The van der Waals surface area contributed by atoms with Crippen LogP contribution in [0.15, 0.2) is 64.8 Å². The summed E-state index contributed by atoms with van der Waals surface area (Å²) in [4.78, 5) is 0. The predicted molar refractivity (Wildman–Crippen MR) is 155 cm³/mol. The predicted octanol–water partition coefficient (Wildman–Crippen LogP) is 9.76. The molecule has 0 bridgehead atoms. The Labute approximate surface area is 217 Å². The summed E-state index contributed by atoms with van der Waals surface area (Å²) in [6, 6.07) is 6.82. The summed E-state index contributed by atoms with van der Waals surface area (Å²) in [5, 5.41) is 0. The lowest BCUT2D eigenvalue weighted by molar-refractivity contribution is 0.390. The van der Waals surface area contributed by atoms with Crippen LogP contribution >= 0.6 is 0 Å². The van der Waals surface area contributed by atoms with Crippen molar-refractivity contribution in [3.63, 3.8) is 0 Å². The summed E-state index contributed by atoms with van der Waals surface area (Å²) >= 11 is 0. The molecule has 0 nitrogen and oxygen atoms in total. The van der Waals surface area contributed by atoms with Gasteiger partial charge in [-0.05, 0) is 86.0 Å². The third-order valence-corrected chi connectivity index (χ3v) is 7.90. The molecule has 1 aromatic rings. The number of rotatable bonds is 13. The number of benzene rings is 1. The van der Waals surface area contributed by atoms with Crippen LogP contribution in [-0.4, -0.2) is 7.28 Å². The summed E-state index contributed by atoms with van der Waals surface area (Å²) in [7, 11) is 1.93. The minimum Gasteiger partial charge on any atom is -0.208 e. The van der Waals surface area contributed by atoms with Crippen molar-refractivity contribution in [3.05, 3.63) is 81.5 Å². The number of hydrogen-bond acceptors (Lipinski definition) is 0. The number of hydrogen-bond donors (Lipinski definition) is 0. The molecule has 1 aliphatic rings. The lowest BCUT2D eigenvalue weighted by Crippen LogP contribution is -2.22. The van der Waals surface area contributed by atoms with Gasteiger partial charge < -0.3 is 0 Å². The second kappa shape index (κ2) is 14.7. The van der Waals surface area contributed by atoms with Gasteiger partial charge in [-0.3, -0.25) is 0 Å². The van der Waals surface area contributed by atoms with E-state index in [1.54, 1.807) is 11.1 Å². The van der Waals surface area contributed by atoms with Gasteiger partial charge in [-0.1, -0.05) is 95.8 Å². The first-order chi connectivity index (χ1) is 16.8. The van der Waals surface area contributed by atoms with Gasteiger partial charge in [-0.2, -0.15) is 0 Å². The van der Waals surface area contributed by atoms with Gasteiger partial charge in [0.05, 0.1) is 0 Å². The Morgan fingerprint density at radius 2 is 1.71 bits per heavy atom. The highest BCUT2D eigenvalue weighted by Gasteiger charge is 2.29. The SMILES string of the molecule is C/C=C\[B]C1=CC(/C(CCc2c(CC)cccc2CC)=C(\CC)C(CCC)C(C)C)C(C)C=C1F. The minimum atomic E-state index is -0.0807. The van der Waals surface area contributed by atoms with Gasteiger partial charge in [0.1, 0.15) is 5.83 Å². The highest BCUT2D eigenvalue weighted by molar-refractivity contribution is 6.52. The van der Waals surface area contributed by atoms with E-state index >= 15 is 0 Å². The molecule has 2 heteroatoms. The van der Waals surface area contributed by atoms with E-state index in [1.165, 1.54) is 29.5 Å². The first-order valence-corrected chi connectivity index (χ1v) is 14.2. The number of allylic oxidation sites excluding steroid dienone is 7. The summed E-state index contributed by atoms with van der Waals surface area (Å²) in [5.74, 6) is 3.48. The molecule has 1 aliphatic carbocycles. The molecule has 0 aromatic heterocycles. The van der Waals surface area contributed by atoms with E-state index in [9.17, 15) is 4.39 Å². The van der Waals surface area contributed by atoms with E-state index in [1.807, 2.05) is 32.3 Å². The molecule has 1 radical (unpaired) electrons. The molecule has 0 N–H and O–H groups in total. The van der Waals surface area contributed by atoms with E-state index in [2.05, 4.69) is 72.7 Å². The van der Waals surface area contributed by atoms with Crippen LogP contribution in [0.5, 0.6) is 0 Å². The molecule has 0 saturated heterocycles. The second-order valence-electron chi connectivity index (χ2n) is 10.5. The normalized spacial score (nSPS) is 20.1. The van der Waals surface area contributed by atoms with Gasteiger partial charge in [0, 0.05) is 5.92 Å². The zero-order chi connectivity index (χ0) is 26.0. The van der Waals surface area contributed by atoms with E-state index in [-0.39, 0.29) is 17.7 Å². The van der Waals surface area contributed by atoms with Crippen molar-refractivity contribution < 1.29 is 4.39 Å². The van der Waals surface area contributed by atoms with Gasteiger partial charge in [-0.15, -0.1) is 12.1 Å². The Hall–Kier alpha value is -1.83. The van der Waals surface area contributed by atoms with Crippen molar-refractivity contribution in [2.24, 2.45) is 23.7 Å². The van der Waals surface area contributed by atoms with Crippen LogP contribution < -0.4 is 0 Å². The first-order valence-electron chi connectivity index (χ1n) is 14.2. The maximum Gasteiger partial charge on any atom is 0.184 e. The van der Waals surface area contributed by atoms with Gasteiger partial charge >= 0.3 is 0 Å². The Kier molecular flexibility index (Phi) is 12.3. The molecule has 0 spiro atoms. The van der Waals surface area contributed by atoms with E-state index in [0.29, 0.717) is 11.8 Å². The van der Waals surface area contributed by atoms with Crippen LogP contribution in [0.1, 0.15) is 97.8 Å². The zero-order valence-electron chi connectivity index (χ0n) is 23.8. The maximum atomic E-state index is 14.9. The topological polar surface area (TPSA) is 0 Å². The molecule has 0 aliphatic heterocycles. The fraction of sp³-hybridized carbons (Fsp3) is 0.576. The highest BCUT2D eigenvalue weighted by atomic mass is 19.1. The molecule has 0 saturated carbocycles. The van der Waals surface area contributed by atoms with E-state index < -0.39 is 0 Å². The summed E-state index contributed by atoms with van der Waals surface area (Å²) in [6.45, 7) is 18.1. The van der Waals surface area contributed by atoms with Crippen LogP contribution in [0.3, 0.4) is 0 Å². The Balaban J connectivity index is 2.62. The quantitative estimate of drug-likeness (QED) is 0.197. The number of aryl methyl sites for hydroxylation is 2. The molecule has 0 amide bonds. The van der Waals surface area contributed by atoms with Crippen LogP contribution in [-0.2, 0) is 19.3 Å². The molecular formula is C33H49BF. The Morgan fingerprint density at radius 1 is 1.06 bits per heavy atom. The van der Waals surface area contributed by atoms with Gasteiger partial charge in [0.2, 0.25) is 0 Å².